The number of aliphatic hydroxyl groups excluding tert-OH is 2. The summed E-state index contributed by atoms with van der Waals surface area (Å²) in [5.41, 5.74) is 6.23. The number of carbonyl (C=O) groups is 1. The van der Waals surface area contributed by atoms with Gasteiger partial charge in [0.05, 0.1) is 6.61 Å². The molecule has 2 aliphatic rings. The van der Waals surface area contributed by atoms with Gasteiger partial charge in [0.2, 0.25) is 0 Å². The molecule has 2 aliphatic heterocycles. The number of rotatable bonds is 2. The van der Waals surface area contributed by atoms with Gasteiger partial charge in [0.1, 0.15) is 18.4 Å². The number of ether oxygens (including phenoxy) is 1. The van der Waals surface area contributed by atoms with Crippen LogP contribution in [0.3, 0.4) is 0 Å². The van der Waals surface area contributed by atoms with Gasteiger partial charge in [-0.05, 0) is 12.5 Å². The molecule has 0 bridgehead atoms. The smallest absolute Gasteiger partial charge is 0.325 e. The zero-order valence-corrected chi connectivity index (χ0v) is 9.78. The zero-order chi connectivity index (χ0) is 13.4. The van der Waals surface area contributed by atoms with E-state index in [1.54, 1.807) is 6.92 Å². The standard InChI is InChI=1S/C10H16FN3O4/c1-4-2-14(10(17)13-8(4)12)9-6(11)7(16)5(3-15)18-9/h2,5-9,15-16H,3,12H2,1H3,(H,13,17)/t5-,6+,7?,8?,9-/m1/s1. The van der Waals surface area contributed by atoms with Crippen molar-refractivity contribution in [2.45, 2.75) is 37.7 Å². The highest BCUT2D eigenvalue weighted by Gasteiger charge is 2.48. The predicted octanol–water partition coefficient (Wildman–Crippen LogP) is -1.38. The normalized spacial score (nSPS) is 40.7. The fourth-order valence-electron chi connectivity index (χ4n) is 1.95. The molecule has 0 aromatic heterocycles. The van der Waals surface area contributed by atoms with Crippen LogP contribution in [0.5, 0.6) is 0 Å². The molecular formula is C10H16FN3O4. The van der Waals surface area contributed by atoms with Crippen molar-refractivity contribution in [2.75, 3.05) is 6.61 Å². The van der Waals surface area contributed by atoms with Crippen LogP contribution in [0.15, 0.2) is 11.8 Å². The molecule has 2 rings (SSSR count). The van der Waals surface area contributed by atoms with Crippen molar-refractivity contribution < 1.29 is 24.1 Å². The summed E-state index contributed by atoms with van der Waals surface area (Å²) in [6.07, 6.45) is -4.79. The monoisotopic (exact) mass is 261 g/mol. The average Bonchev–Trinajstić information content (AvgIpc) is 2.61. The molecule has 0 aliphatic carbocycles. The van der Waals surface area contributed by atoms with Crippen LogP contribution in [0.25, 0.3) is 0 Å². The van der Waals surface area contributed by atoms with E-state index in [1.807, 2.05) is 0 Å². The molecule has 0 aromatic carbocycles. The van der Waals surface area contributed by atoms with Crippen molar-refractivity contribution in [3.8, 4) is 0 Å². The summed E-state index contributed by atoms with van der Waals surface area (Å²) >= 11 is 0. The van der Waals surface area contributed by atoms with E-state index in [0.717, 1.165) is 4.90 Å². The molecule has 8 heteroatoms. The quantitative estimate of drug-likeness (QED) is 0.490. The number of alkyl halides is 1. The van der Waals surface area contributed by atoms with Gasteiger partial charge in [-0.15, -0.1) is 0 Å². The van der Waals surface area contributed by atoms with Crippen molar-refractivity contribution >= 4 is 6.03 Å². The molecule has 1 saturated heterocycles. The Hall–Kier alpha value is -1.22. The van der Waals surface area contributed by atoms with Crippen LogP contribution in [0.4, 0.5) is 9.18 Å². The lowest BCUT2D eigenvalue weighted by molar-refractivity contribution is -0.0591. The van der Waals surface area contributed by atoms with E-state index < -0.39 is 43.4 Å². The molecule has 5 atom stereocenters. The fraction of sp³-hybridized carbons (Fsp3) is 0.700. The van der Waals surface area contributed by atoms with E-state index in [9.17, 15) is 14.3 Å². The summed E-state index contributed by atoms with van der Waals surface area (Å²) in [6, 6.07) is -0.605. The Bertz CT molecular complexity index is 378. The van der Waals surface area contributed by atoms with Gasteiger partial charge in [0.15, 0.2) is 12.4 Å². The molecule has 5 N–H and O–H groups in total. The van der Waals surface area contributed by atoms with Crippen molar-refractivity contribution in [1.82, 2.24) is 10.2 Å². The van der Waals surface area contributed by atoms with Crippen molar-refractivity contribution in [3.63, 3.8) is 0 Å². The Balaban J connectivity index is 2.19. The second-order valence-electron chi connectivity index (χ2n) is 4.39. The Morgan fingerprint density at radius 3 is 2.89 bits per heavy atom. The second kappa shape index (κ2) is 4.81. The first-order chi connectivity index (χ1) is 8.45. The first kappa shape index (κ1) is 13.2. The first-order valence-corrected chi connectivity index (χ1v) is 5.57. The number of halogens is 1. The van der Waals surface area contributed by atoms with Crippen LogP contribution in [0, 0.1) is 0 Å². The Labute approximate surface area is 103 Å². The third-order valence-corrected chi connectivity index (χ3v) is 3.09. The molecular weight excluding hydrogens is 245 g/mol. The molecule has 18 heavy (non-hydrogen) atoms. The lowest BCUT2D eigenvalue weighted by Crippen LogP contribution is -2.56. The molecule has 0 spiro atoms. The number of nitrogens with two attached hydrogens (primary N) is 1. The number of urea groups is 1. The lowest BCUT2D eigenvalue weighted by Gasteiger charge is -2.33. The summed E-state index contributed by atoms with van der Waals surface area (Å²) in [6.45, 7) is 1.16. The van der Waals surface area contributed by atoms with Gasteiger partial charge in [-0.25, -0.2) is 9.18 Å². The van der Waals surface area contributed by atoms with Crippen molar-refractivity contribution in [1.29, 1.82) is 0 Å². The van der Waals surface area contributed by atoms with Crippen molar-refractivity contribution in [3.05, 3.63) is 11.8 Å². The molecule has 102 valence electrons. The number of nitrogens with zero attached hydrogens (tertiary/aromatic N) is 1. The minimum Gasteiger partial charge on any atom is -0.394 e. The maximum Gasteiger partial charge on any atom is 0.325 e. The van der Waals surface area contributed by atoms with E-state index in [0.29, 0.717) is 5.57 Å². The Morgan fingerprint density at radius 1 is 1.67 bits per heavy atom. The van der Waals surface area contributed by atoms with Crippen LogP contribution in [-0.2, 0) is 4.74 Å². The van der Waals surface area contributed by atoms with Crippen LogP contribution in [0.2, 0.25) is 0 Å². The number of aliphatic hydroxyl groups is 2. The predicted molar refractivity (Wildman–Crippen MR) is 58.8 cm³/mol. The Morgan fingerprint density at radius 2 is 2.33 bits per heavy atom. The minimum absolute atomic E-state index is 0.518. The second-order valence-corrected chi connectivity index (χ2v) is 4.39. The van der Waals surface area contributed by atoms with E-state index in [-0.39, 0.29) is 0 Å². The average molecular weight is 261 g/mol. The largest absolute Gasteiger partial charge is 0.394 e. The van der Waals surface area contributed by atoms with Crippen LogP contribution >= 0.6 is 0 Å². The number of amides is 2. The van der Waals surface area contributed by atoms with Gasteiger partial charge in [-0.3, -0.25) is 4.90 Å². The Kier molecular flexibility index (Phi) is 3.53. The molecule has 0 radical (unpaired) electrons. The van der Waals surface area contributed by atoms with E-state index in [2.05, 4.69) is 5.32 Å². The highest BCUT2D eigenvalue weighted by molar-refractivity contribution is 5.77. The maximum atomic E-state index is 13.8. The van der Waals surface area contributed by atoms with Gasteiger partial charge in [0, 0.05) is 6.20 Å². The third-order valence-electron chi connectivity index (χ3n) is 3.09. The number of carbonyl (C=O) groups excluding carboxylic acids is 1. The van der Waals surface area contributed by atoms with Crippen molar-refractivity contribution in [2.24, 2.45) is 5.73 Å². The third kappa shape index (κ3) is 2.07. The van der Waals surface area contributed by atoms with Gasteiger partial charge < -0.3 is 26.0 Å². The summed E-state index contributed by atoms with van der Waals surface area (Å²) in [5, 5.41) is 20.9. The topological polar surface area (TPSA) is 108 Å². The highest BCUT2D eigenvalue weighted by atomic mass is 19.1. The number of nitrogens with one attached hydrogen (secondary N) is 1. The first-order valence-electron chi connectivity index (χ1n) is 5.57. The SMILES string of the molecule is CC1=CN([C@@H]2O[C@H](CO)C(O)[C@@H]2F)C(=O)NC1N. The highest BCUT2D eigenvalue weighted by Crippen LogP contribution is 2.28. The van der Waals surface area contributed by atoms with Gasteiger partial charge in [-0.1, -0.05) is 0 Å². The summed E-state index contributed by atoms with van der Waals surface area (Å²) < 4.78 is 19.0. The molecule has 1 fully saturated rings. The fourth-order valence-corrected chi connectivity index (χ4v) is 1.95. The molecule has 0 saturated carbocycles. The maximum absolute atomic E-state index is 13.8. The van der Waals surface area contributed by atoms with Crippen LogP contribution in [0.1, 0.15) is 6.92 Å². The van der Waals surface area contributed by atoms with Crippen LogP contribution in [-0.4, -0.2) is 58.5 Å². The van der Waals surface area contributed by atoms with E-state index >= 15 is 0 Å². The number of hydrogen-bond donors (Lipinski definition) is 4. The number of hydrogen-bond acceptors (Lipinski definition) is 5. The molecule has 7 nitrogen and oxygen atoms in total. The lowest BCUT2D eigenvalue weighted by atomic mass is 10.1. The molecule has 2 heterocycles. The molecule has 2 unspecified atom stereocenters. The minimum atomic E-state index is -1.79. The zero-order valence-electron chi connectivity index (χ0n) is 9.78. The van der Waals surface area contributed by atoms with Crippen LogP contribution < -0.4 is 11.1 Å². The molecule has 0 aromatic rings. The molecule has 2 amide bonds. The van der Waals surface area contributed by atoms with E-state index in [1.165, 1.54) is 6.20 Å². The summed E-state index contributed by atoms with van der Waals surface area (Å²) in [5.74, 6) is 0. The summed E-state index contributed by atoms with van der Waals surface area (Å²) in [7, 11) is 0. The van der Waals surface area contributed by atoms with E-state index in [4.69, 9.17) is 15.6 Å². The van der Waals surface area contributed by atoms with Gasteiger partial charge in [0.25, 0.3) is 0 Å². The van der Waals surface area contributed by atoms with Gasteiger partial charge in [-0.2, -0.15) is 0 Å². The van der Waals surface area contributed by atoms with Gasteiger partial charge >= 0.3 is 6.03 Å². The summed E-state index contributed by atoms with van der Waals surface area (Å²) in [4.78, 5) is 12.7.